The number of aromatic nitrogens is 2. The molecule has 122 valence electrons. The summed E-state index contributed by atoms with van der Waals surface area (Å²) in [6.45, 7) is 7.27. The Morgan fingerprint density at radius 2 is 2.09 bits per heavy atom. The van der Waals surface area contributed by atoms with Gasteiger partial charge in [-0.05, 0) is 33.3 Å². The fourth-order valence-electron chi connectivity index (χ4n) is 2.18. The van der Waals surface area contributed by atoms with E-state index in [1.807, 2.05) is 33.0 Å². The first-order valence-corrected chi connectivity index (χ1v) is 7.58. The maximum absolute atomic E-state index is 11.8. The van der Waals surface area contributed by atoms with Crippen molar-refractivity contribution in [3.63, 3.8) is 0 Å². The van der Waals surface area contributed by atoms with Crippen LogP contribution in [0.2, 0.25) is 0 Å². The number of hydrogen-bond donors (Lipinski definition) is 1. The summed E-state index contributed by atoms with van der Waals surface area (Å²) in [4.78, 5) is 25.2. The zero-order valence-electron chi connectivity index (χ0n) is 13.4. The number of rotatable bonds is 5. The Balaban J connectivity index is 1.59. The predicted octanol–water partition coefficient (Wildman–Crippen LogP) is 1.40. The van der Waals surface area contributed by atoms with Gasteiger partial charge in [-0.3, -0.25) is 9.48 Å². The zero-order chi connectivity index (χ0) is 16.2. The lowest BCUT2D eigenvalue weighted by atomic mass is 10.1. The number of carbonyl (C=O) groups excluding carboxylic acids is 2. The molecule has 0 aliphatic carbocycles. The maximum Gasteiger partial charge on any atom is 0.410 e. The van der Waals surface area contributed by atoms with E-state index >= 15 is 0 Å². The van der Waals surface area contributed by atoms with E-state index in [0.717, 1.165) is 13.0 Å². The largest absolute Gasteiger partial charge is 0.444 e. The van der Waals surface area contributed by atoms with Gasteiger partial charge in [0.15, 0.2) is 0 Å². The standard InChI is InChI=1S/C15H24N4O3/c1-15(2,3)22-14(21)18-10-12(11-18)17-13(20)6-4-8-19-9-5-7-16-19/h5,7,9,12H,4,6,8,10-11H2,1-3H3,(H,17,20). The van der Waals surface area contributed by atoms with E-state index in [9.17, 15) is 9.59 Å². The van der Waals surface area contributed by atoms with Crippen LogP contribution in [-0.2, 0) is 16.1 Å². The molecule has 1 N–H and O–H groups in total. The fraction of sp³-hybridized carbons (Fsp3) is 0.667. The second kappa shape index (κ2) is 6.81. The Bertz CT molecular complexity index is 501. The van der Waals surface area contributed by atoms with Crippen molar-refractivity contribution in [2.24, 2.45) is 0 Å². The van der Waals surface area contributed by atoms with Crippen molar-refractivity contribution >= 4 is 12.0 Å². The van der Waals surface area contributed by atoms with E-state index in [2.05, 4.69) is 10.4 Å². The molecule has 1 aromatic heterocycles. The molecule has 2 heterocycles. The summed E-state index contributed by atoms with van der Waals surface area (Å²) in [7, 11) is 0. The monoisotopic (exact) mass is 308 g/mol. The van der Waals surface area contributed by atoms with Gasteiger partial charge in [-0.2, -0.15) is 5.10 Å². The molecular weight excluding hydrogens is 284 g/mol. The average Bonchev–Trinajstić information content (AvgIpc) is 2.84. The van der Waals surface area contributed by atoms with Crippen LogP contribution >= 0.6 is 0 Å². The van der Waals surface area contributed by atoms with E-state index in [-0.39, 0.29) is 18.0 Å². The summed E-state index contributed by atoms with van der Waals surface area (Å²) < 4.78 is 7.07. The Morgan fingerprint density at radius 3 is 2.68 bits per heavy atom. The highest BCUT2D eigenvalue weighted by molar-refractivity contribution is 5.77. The molecule has 0 spiro atoms. The topological polar surface area (TPSA) is 76.5 Å². The van der Waals surface area contributed by atoms with Crippen LogP contribution in [0.5, 0.6) is 0 Å². The van der Waals surface area contributed by atoms with Gasteiger partial charge in [0.2, 0.25) is 5.91 Å². The predicted molar refractivity (Wildman–Crippen MR) is 81.2 cm³/mol. The molecule has 0 bridgehead atoms. The first-order chi connectivity index (χ1) is 10.3. The van der Waals surface area contributed by atoms with Gasteiger partial charge in [-0.1, -0.05) is 0 Å². The van der Waals surface area contributed by atoms with E-state index in [4.69, 9.17) is 4.74 Å². The van der Waals surface area contributed by atoms with Gasteiger partial charge in [0.25, 0.3) is 0 Å². The first kappa shape index (κ1) is 16.3. The van der Waals surface area contributed by atoms with E-state index < -0.39 is 5.60 Å². The molecule has 1 aliphatic heterocycles. The second-order valence-electron chi connectivity index (χ2n) is 6.52. The third-order valence-electron chi connectivity index (χ3n) is 3.25. The summed E-state index contributed by atoms with van der Waals surface area (Å²) in [5.74, 6) is 0.0148. The van der Waals surface area contributed by atoms with E-state index in [0.29, 0.717) is 19.5 Å². The highest BCUT2D eigenvalue weighted by Crippen LogP contribution is 2.15. The summed E-state index contributed by atoms with van der Waals surface area (Å²) >= 11 is 0. The lowest BCUT2D eigenvalue weighted by Crippen LogP contribution is -2.61. The normalized spacial score (nSPS) is 15.3. The van der Waals surface area contributed by atoms with Crippen LogP contribution in [0.4, 0.5) is 4.79 Å². The van der Waals surface area contributed by atoms with Crippen molar-refractivity contribution < 1.29 is 14.3 Å². The summed E-state index contributed by atoms with van der Waals surface area (Å²) in [5, 5.41) is 7.01. The van der Waals surface area contributed by atoms with Crippen molar-refractivity contribution in [1.82, 2.24) is 20.0 Å². The van der Waals surface area contributed by atoms with Crippen molar-refractivity contribution in [3.05, 3.63) is 18.5 Å². The van der Waals surface area contributed by atoms with Gasteiger partial charge in [0.1, 0.15) is 5.60 Å². The number of aryl methyl sites for hydroxylation is 1. The van der Waals surface area contributed by atoms with Gasteiger partial charge in [0, 0.05) is 38.4 Å². The van der Waals surface area contributed by atoms with Gasteiger partial charge in [-0.25, -0.2) is 4.79 Å². The summed E-state index contributed by atoms with van der Waals surface area (Å²) in [5.41, 5.74) is -0.488. The van der Waals surface area contributed by atoms with Crippen LogP contribution in [0.1, 0.15) is 33.6 Å². The zero-order valence-corrected chi connectivity index (χ0v) is 13.4. The highest BCUT2D eigenvalue weighted by atomic mass is 16.6. The number of nitrogens with zero attached hydrogens (tertiary/aromatic N) is 3. The molecular formula is C15H24N4O3. The van der Waals surface area contributed by atoms with Gasteiger partial charge < -0.3 is 15.0 Å². The summed E-state index contributed by atoms with van der Waals surface area (Å²) in [6, 6.07) is 1.89. The molecule has 0 radical (unpaired) electrons. The first-order valence-electron chi connectivity index (χ1n) is 7.58. The Labute approximate surface area is 130 Å². The number of nitrogens with one attached hydrogen (secondary N) is 1. The number of amides is 2. The molecule has 1 aromatic rings. The average molecular weight is 308 g/mol. The minimum absolute atomic E-state index is 0.0148. The minimum atomic E-state index is -0.488. The molecule has 1 aliphatic rings. The molecule has 2 amide bonds. The lowest BCUT2D eigenvalue weighted by Gasteiger charge is -2.40. The number of hydrogen-bond acceptors (Lipinski definition) is 4. The van der Waals surface area contributed by atoms with Crippen LogP contribution in [0.15, 0.2) is 18.5 Å². The number of carbonyl (C=O) groups is 2. The number of likely N-dealkylation sites (tertiary alicyclic amines) is 1. The molecule has 7 heteroatoms. The van der Waals surface area contributed by atoms with Crippen molar-refractivity contribution in [2.75, 3.05) is 13.1 Å². The van der Waals surface area contributed by atoms with Crippen LogP contribution in [0.3, 0.4) is 0 Å². The molecule has 22 heavy (non-hydrogen) atoms. The smallest absolute Gasteiger partial charge is 0.410 e. The van der Waals surface area contributed by atoms with Crippen molar-refractivity contribution in [3.8, 4) is 0 Å². The van der Waals surface area contributed by atoms with E-state index in [1.54, 1.807) is 15.8 Å². The van der Waals surface area contributed by atoms with Crippen molar-refractivity contribution in [2.45, 2.75) is 51.8 Å². The highest BCUT2D eigenvalue weighted by Gasteiger charge is 2.34. The molecule has 7 nitrogen and oxygen atoms in total. The Morgan fingerprint density at radius 1 is 1.36 bits per heavy atom. The van der Waals surface area contributed by atoms with Gasteiger partial charge in [-0.15, -0.1) is 0 Å². The van der Waals surface area contributed by atoms with Gasteiger partial charge in [0.05, 0.1) is 6.04 Å². The SMILES string of the molecule is CC(C)(C)OC(=O)N1CC(NC(=O)CCCn2cccn2)C1. The molecule has 2 rings (SSSR count). The van der Waals surface area contributed by atoms with Crippen LogP contribution in [-0.4, -0.2) is 51.4 Å². The van der Waals surface area contributed by atoms with Crippen LogP contribution < -0.4 is 5.32 Å². The Hall–Kier alpha value is -2.05. The molecule has 1 saturated heterocycles. The van der Waals surface area contributed by atoms with E-state index in [1.165, 1.54) is 0 Å². The van der Waals surface area contributed by atoms with Crippen LogP contribution in [0.25, 0.3) is 0 Å². The van der Waals surface area contributed by atoms with Gasteiger partial charge >= 0.3 is 6.09 Å². The number of ether oxygens (including phenoxy) is 1. The van der Waals surface area contributed by atoms with Crippen LogP contribution in [0, 0.1) is 0 Å². The molecule has 0 unspecified atom stereocenters. The third-order valence-corrected chi connectivity index (χ3v) is 3.25. The lowest BCUT2D eigenvalue weighted by molar-refractivity contribution is -0.123. The third kappa shape index (κ3) is 5.05. The maximum atomic E-state index is 11.8. The molecule has 0 aromatic carbocycles. The second-order valence-corrected chi connectivity index (χ2v) is 6.52. The quantitative estimate of drug-likeness (QED) is 0.892. The minimum Gasteiger partial charge on any atom is -0.444 e. The molecule has 0 atom stereocenters. The van der Waals surface area contributed by atoms with Crippen molar-refractivity contribution in [1.29, 1.82) is 0 Å². The fourth-order valence-corrected chi connectivity index (χ4v) is 2.18. The summed E-state index contributed by atoms with van der Waals surface area (Å²) in [6.07, 6.45) is 4.48. The Kier molecular flexibility index (Phi) is 5.05. The molecule has 0 saturated carbocycles. The molecule has 1 fully saturated rings.